The molecule has 1 aliphatic heterocycles. The maximum absolute atomic E-state index is 14.0. The maximum atomic E-state index is 14.0. The Balaban J connectivity index is 2.31. The topological polar surface area (TPSA) is 56.6 Å². The highest BCUT2D eigenvalue weighted by molar-refractivity contribution is 5.44. The van der Waals surface area contributed by atoms with E-state index >= 15 is 0 Å². The minimum absolute atomic E-state index is 0.00444. The average Bonchev–Trinajstić information content (AvgIpc) is 2.39. The molecule has 0 aromatic carbocycles. The van der Waals surface area contributed by atoms with Crippen molar-refractivity contribution in [2.75, 3.05) is 18.1 Å². The van der Waals surface area contributed by atoms with Crippen molar-refractivity contribution in [2.45, 2.75) is 31.9 Å². The highest BCUT2D eigenvalue weighted by Gasteiger charge is 2.25. The molecule has 0 amide bonds. The van der Waals surface area contributed by atoms with Crippen molar-refractivity contribution in [3.05, 3.63) is 23.6 Å². The first-order chi connectivity index (χ1) is 8.27. The van der Waals surface area contributed by atoms with Gasteiger partial charge >= 0.3 is 0 Å². The summed E-state index contributed by atoms with van der Waals surface area (Å²) in [6, 6.07) is 1.40. The average molecular weight is 240 g/mol. The van der Waals surface area contributed by atoms with E-state index in [9.17, 15) is 9.50 Å². The van der Waals surface area contributed by atoms with Crippen molar-refractivity contribution in [3.8, 4) is 0 Å². The minimum Gasteiger partial charge on any atom is -0.394 e. The first-order valence-corrected chi connectivity index (χ1v) is 5.89. The number of halogens is 1. The second kappa shape index (κ2) is 5.42. The lowest BCUT2D eigenvalue weighted by Crippen LogP contribution is -2.43. The molecule has 0 radical (unpaired) electrons. The molecular weight excluding hydrogens is 223 g/mol. The fraction of sp³-hybridized carbons (Fsp3) is 0.583. The molecule has 1 aromatic heterocycles. The second-order valence-corrected chi connectivity index (χ2v) is 4.29. The molecule has 2 heterocycles. The molecule has 94 valence electrons. The Hall–Kier alpha value is -1.20. The molecule has 1 unspecified atom stereocenters. The number of aliphatic hydroxyl groups excluding tert-OH is 2. The number of pyridine rings is 1. The summed E-state index contributed by atoms with van der Waals surface area (Å²) in [5.74, 6) is -0.231. The number of hydrogen-bond donors (Lipinski definition) is 2. The molecule has 2 N–H and O–H groups in total. The third-order valence-electron chi connectivity index (χ3n) is 3.23. The summed E-state index contributed by atoms with van der Waals surface area (Å²) < 4.78 is 14.0. The molecule has 1 fully saturated rings. The molecule has 17 heavy (non-hydrogen) atoms. The van der Waals surface area contributed by atoms with E-state index in [0.29, 0.717) is 6.54 Å². The van der Waals surface area contributed by atoms with Crippen LogP contribution in [-0.2, 0) is 6.61 Å². The standard InChI is InChI=1S/C12H17FN2O2/c13-11-9(7-16)4-5-14-12(11)15-6-2-1-3-10(15)8-17/h4-5,10,16-17H,1-3,6-8H2. The van der Waals surface area contributed by atoms with Crippen LogP contribution in [0.3, 0.4) is 0 Å². The molecule has 1 atom stereocenters. The molecule has 1 saturated heterocycles. The lowest BCUT2D eigenvalue weighted by atomic mass is 10.0. The van der Waals surface area contributed by atoms with Gasteiger partial charge in [-0.15, -0.1) is 0 Å². The van der Waals surface area contributed by atoms with Gasteiger partial charge in [-0.05, 0) is 25.3 Å². The first-order valence-electron chi connectivity index (χ1n) is 5.89. The fourth-order valence-electron chi connectivity index (χ4n) is 2.26. The highest BCUT2D eigenvalue weighted by Crippen LogP contribution is 2.26. The van der Waals surface area contributed by atoms with Gasteiger partial charge in [0, 0.05) is 18.3 Å². The summed E-state index contributed by atoms with van der Waals surface area (Å²) in [5.41, 5.74) is 0.247. The summed E-state index contributed by atoms with van der Waals surface area (Å²) in [7, 11) is 0. The molecule has 0 saturated carbocycles. The largest absolute Gasteiger partial charge is 0.394 e. The van der Waals surface area contributed by atoms with Crippen LogP contribution in [0, 0.1) is 5.82 Å². The van der Waals surface area contributed by atoms with Crippen LogP contribution in [0.2, 0.25) is 0 Å². The number of nitrogens with zero attached hydrogens (tertiary/aromatic N) is 2. The van der Waals surface area contributed by atoms with Crippen molar-refractivity contribution in [2.24, 2.45) is 0 Å². The van der Waals surface area contributed by atoms with E-state index < -0.39 is 5.82 Å². The van der Waals surface area contributed by atoms with E-state index in [0.717, 1.165) is 19.3 Å². The van der Waals surface area contributed by atoms with E-state index in [2.05, 4.69) is 4.98 Å². The van der Waals surface area contributed by atoms with Crippen LogP contribution in [0.4, 0.5) is 10.2 Å². The Morgan fingerprint density at radius 2 is 2.24 bits per heavy atom. The van der Waals surface area contributed by atoms with Gasteiger partial charge in [0.15, 0.2) is 11.6 Å². The molecule has 1 aliphatic rings. The molecular formula is C12H17FN2O2. The second-order valence-electron chi connectivity index (χ2n) is 4.29. The Morgan fingerprint density at radius 1 is 1.41 bits per heavy atom. The van der Waals surface area contributed by atoms with E-state index in [1.54, 1.807) is 4.90 Å². The minimum atomic E-state index is -0.477. The number of rotatable bonds is 3. The van der Waals surface area contributed by atoms with Gasteiger partial charge in [-0.1, -0.05) is 0 Å². The van der Waals surface area contributed by atoms with Gasteiger partial charge < -0.3 is 15.1 Å². The summed E-state index contributed by atoms with van der Waals surface area (Å²) in [4.78, 5) is 5.84. The van der Waals surface area contributed by atoms with E-state index in [1.165, 1.54) is 12.3 Å². The highest BCUT2D eigenvalue weighted by atomic mass is 19.1. The van der Waals surface area contributed by atoms with E-state index in [-0.39, 0.29) is 30.6 Å². The number of piperidine rings is 1. The van der Waals surface area contributed by atoms with Crippen molar-refractivity contribution >= 4 is 5.82 Å². The number of aromatic nitrogens is 1. The van der Waals surface area contributed by atoms with E-state index in [1.807, 2.05) is 0 Å². The molecule has 0 bridgehead atoms. The van der Waals surface area contributed by atoms with Crippen LogP contribution >= 0.6 is 0 Å². The van der Waals surface area contributed by atoms with Crippen LogP contribution in [0.1, 0.15) is 24.8 Å². The van der Waals surface area contributed by atoms with Crippen LogP contribution in [0.25, 0.3) is 0 Å². The van der Waals surface area contributed by atoms with Crippen molar-refractivity contribution in [1.82, 2.24) is 4.98 Å². The molecule has 4 nitrogen and oxygen atoms in total. The number of hydrogen-bond acceptors (Lipinski definition) is 4. The summed E-state index contributed by atoms with van der Waals surface area (Å²) in [6.07, 6.45) is 4.36. The maximum Gasteiger partial charge on any atom is 0.171 e. The van der Waals surface area contributed by atoms with Gasteiger partial charge in [0.05, 0.1) is 19.3 Å². The molecule has 1 aromatic rings. The van der Waals surface area contributed by atoms with E-state index in [4.69, 9.17) is 5.11 Å². The van der Waals surface area contributed by atoms with Crippen molar-refractivity contribution in [3.63, 3.8) is 0 Å². The first kappa shape index (κ1) is 12.3. The fourth-order valence-corrected chi connectivity index (χ4v) is 2.26. The molecule has 2 rings (SSSR count). The van der Waals surface area contributed by atoms with Gasteiger partial charge in [-0.3, -0.25) is 0 Å². The summed E-state index contributed by atoms with van der Waals surface area (Å²) >= 11 is 0. The molecule has 5 heteroatoms. The van der Waals surface area contributed by atoms with Crippen LogP contribution in [0.5, 0.6) is 0 Å². The van der Waals surface area contributed by atoms with Crippen LogP contribution < -0.4 is 4.90 Å². The molecule has 0 spiro atoms. The number of anilines is 1. The zero-order valence-corrected chi connectivity index (χ0v) is 9.64. The SMILES string of the molecule is OCc1ccnc(N2CCCCC2CO)c1F. The molecule has 0 aliphatic carbocycles. The van der Waals surface area contributed by atoms with Gasteiger partial charge in [0.25, 0.3) is 0 Å². The third kappa shape index (κ3) is 2.40. The van der Waals surface area contributed by atoms with Crippen molar-refractivity contribution in [1.29, 1.82) is 0 Å². The summed E-state index contributed by atoms with van der Waals surface area (Å²) in [5, 5.41) is 18.3. The zero-order valence-electron chi connectivity index (χ0n) is 9.64. The van der Waals surface area contributed by atoms with Gasteiger partial charge in [0.2, 0.25) is 0 Å². The normalized spacial score (nSPS) is 20.6. The van der Waals surface area contributed by atoms with Crippen LogP contribution in [0.15, 0.2) is 12.3 Å². The Bertz CT molecular complexity index is 387. The third-order valence-corrected chi connectivity index (χ3v) is 3.23. The van der Waals surface area contributed by atoms with Crippen LogP contribution in [-0.4, -0.2) is 34.4 Å². The Labute approximate surface area is 99.7 Å². The van der Waals surface area contributed by atoms with Crippen molar-refractivity contribution < 1.29 is 14.6 Å². The number of aliphatic hydroxyl groups is 2. The predicted octanol–water partition coefficient (Wildman–Crippen LogP) is 1.06. The Morgan fingerprint density at radius 3 is 2.94 bits per heavy atom. The lowest BCUT2D eigenvalue weighted by molar-refractivity contribution is 0.238. The lowest BCUT2D eigenvalue weighted by Gasteiger charge is -2.35. The van der Waals surface area contributed by atoms with Gasteiger partial charge in [-0.25, -0.2) is 9.37 Å². The van der Waals surface area contributed by atoms with Gasteiger partial charge in [-0.2, -0.15) is 0 Å². The summed E-state index contributed by atoms with van der Waals surface area (Å²) in [6.45, 7) is 0.369. The predicted molar refractivity (Wildman–Crippen MR) is 62.2 cm³/mol. The van der Waals surface area contributed by atoms with Gasteiger partial charge in [0.1, 0.15) is 0 Å². The Kier molecular flexibility index (Phi) is 3.91. The smallest absolute Gasteiger partial charge is 0.171 e. The zero-order chi connectivity index (χ0) is 12.3. The quantitative estimate of drug-likeness (QED) is 0.829. The monoisotopic (exact) mass is 240 g/mol.